The minimum Gasteiger partial charge on any atom is -0.290 e. The highest BCUT2D eigenvalue weighted by atomic mass is 32.1. The Balaban J connectivity index is 2.30. The summed E-state index contributed by atoms with van der Waals surface area (Å²) in [5, 5.41) is -0.467. The molecule has 1 nitrogen and oxygen atoms in total. The Kier molecular flexibility index (Phi) is 5.17. The minimum atomic E-state index is -0.467. The molecule has 0 spiro atoms. The molecule has 119 valence electrons. The third-order valence-electron chi connectivity index (χ3n) is 4.44. The van der Waals surface area contributed by atoms with E-state index in [1.807, 2.05) is 60.9 Å². The SMILES string of the molecule is O=[C]C(S)CC(c1ccccc1)(c1ccccc1)c1ccccc1. The summed E-state index contributed by atoms with van der Waals surface area (Å²) in [4.78, 5) is 11.3. The van der Waals surface area contributed by atoms with Crippen LogP contribution in [0.25, 0.3) is 0 Å². The van der Waals surface area contributed by atoms with Gasteiger partial charge in [0, 0.05) is 5.41 Å². The van der Waals surface area contributed by atoms with Crippen molar-refractivity contribution in [3.63, 3.8) is 0 Å². The maximum atomic E-state index is 11.3. The molecule has 0 aromatic heterocycles. The fraction of sp³-hybridized carbons (Fsp3) is 0.136. The number of thiol groups is 1. The highest BCUT2D eigenvalue weighted by Crippen LogP contribution is 2.43. The van der Waals surface area contributed by atoms with Gasteiger partial charge in [-0.15, -0.1) is 0 Å². The number of rotatable bonds is 6. The first kappa shape index (κ1) is 16.5. The van der Waals surface area contributed by atoms with E-state index in [-0.39, 0.29) is 0 Å². The number of benzene rings is 3. The summed E-state index contributed by atoms with van der Waals surface area (Å²) in [6.07, 6.45) is 2.60. The van der Waals surface area contributed by atoms with Crippen LogP contribution in [0.15, 0.2) is 91.0 Å². The van der Waals surface area contributed by atoms with E-state index in [2.05, 4.69) is 49.0 Å². The molecule has 1 unspecified atom stereocenters. The first-order valence-electron chi connectivity index (χ1n) is 7.99. The van der Waals surface area contributed by atoms with Gasteiger partial charge in [-0.3, -0.25) is 4.79 Å². The van der Waals surface area contributed by atoms with Gasteiger partial charge in [-0.05, 0) is 23.1 Å². The molecule has 3 aromatic rings. The first-order chi connectivity index (χ1) is 11.8. The van der Waals surface area contributed by atoms with E-state index in [1.165, 1.54) is 0 Å². The summed E-state index contributed by atoms with van der Waals surface area (Å²) in [5.41, 5.74) is 3.01. The van der Waals surface area contributed by atoms with Gasteiger partial charge < -0.3 is 0 Å². The van der Waals surface area contributed by atoms with Crippen LogP contribution in [0.4, 0.5) is 0 Å². The van der Waals surface area contributed by atoms with Crippen LogP contribution in [-0.2, 0) is 10.2 Å². The quantitative estimate of drug-likeness (QED) is 0.506. The van der Waals surface area contributed by atoms with Gasteiger partial charge in [0.2, 0.25) is 6.29 Å². The van der Waals surface area contributed by atoms with Crippen LogP contribution in [0.1, 0.15) is 23.1 Å². The van der Waals surface area contributed by atoms with Crippen LogP contribution >= 0.6 is 12.6 Å². The number of carbonyl (C=O) groups excluding carboxylic acids is 1. The zero-order valence-electron chi connectivity index (χ0n) is 13.3. The lowest BCUT2D eigenvalue weighted by atomic mass is 9.67. The van der Waals surface area contributed by atoms with E-state index in [0.717, 1.165) is 16.7 Å². The van der Waals surface area contributed by atoms with Crippen molar-refractivity contribution in [1.82, 2.24) is 0 Å². The molecule has 0 aliphatic heterocycles. The van der Waals surface area contributed by atoms with Gasteiger partial charge in [0.25, 0.3) is 0 Å². The van der Waals surface area contributed by atoms with Crippen molar-refractivity contribution in [2.75, 3.05) is 0 Å². The molecule has 24 heavy (non-hydrogen) atoms. The Morgan fingerprint density at radius 1 is 0.708 bits per heavy atom. The third kappa shape index (κ3) is 3.15. The smallest absolute Gasteiger partial charge is 0.212 e. The zero-order chi connectivity index (χ0) is 16.8. The molecule has 3 aromatic carbocycles. The molecule has 0 fully saturated rings. The van der Waals surface area contributed by atoms with E-state index in [9.17, 15) is 4.79 Å². The molecule has 0 amide bonds. The van der Waals surface area contributed by atoms with Crippen molar-refractivity contribution in [1.29, 1.82) is 0 Å². The summed E-state index contributed by atoms with van der Waals surface area (Å²) in [5.74, 6) is 0. The second-order valence-corrected chi connectivity index (χ2v) is 6.46. The Hall–Kier alpha value is -2.32. The molecule has 0 aliphatic carbocycles. The summed E-state index contributed by atoms with van der Waals surface area (Å²) < 4.78 is 0. The monoisotopic (exact) mass is 331 g/mol. The van der Waals surface area contributed by atoms with Crippen molar-refractivity contribution in [3.8, 4) is 0 Å². The molecular formula is C22H19OS. The molecule has 1 atom stereocenters. The van der Waals surface area contributed by atoms with Gasteiger partial charge in [0.05, 0.1) is 5.25 Å². The van der Waals surface area contributed by atoms with Crippen molar-refractivity contribution < 1.29 is 4.79 Å². The zero-order valence-corrected chi connectivity index (χ0v) is 14.2. The van der Waals surface area contributed by atoms with Gasteiger partial charge in [-0.2, -0.15) is 12.6 Å². The molecule has 3 rings (SSSR count). The summed E-state index contributed by atoms with van der Waals surface area (Å²) in [6, 6.07) is 30.9. The van der Waals surface area contributed by atoms with E-state index >= 15 is 0 Å². The van der Waals surface area contributed by atoms with Gasteiger partial charge >= 0.3 is 0 Å². The largest absolute Gasteiger partial charge is 0.290 e. The average Bonchev–Trinajstić information content (AvgIpc) is 2.68. The lowest BCUT2D eigenvalue weighted by Crippen LogP contribution is -2.33. The van der Waals surface area contributed by atoms with E-state index < -0.39 is 10.7 Å². The van der Waals surface area contributed by atoms with Crippen LogP contribution in [-0.4, -0.2) is 11.5 Å². The van der Waals surface area contributed by atoms with Crippen LogP contribution in [0.5, 0.6) is 0 Å². The molecule has 0 aliphatic rings. The lowest BCUT2D eigenvalue weighted by molar-refractivity contribution is 0.528. The minimum absolute atomic E-state index is 0.437. The fourth-order valence-electron chi connectivity index (χ4n) is 3.35. The van der Waals surface area contributed by atoms with Crippen LogP contribution in [0.3, 0.4) is 0 Å². The van der Waals surface area contributed by atoms with E-state index in [1.54, 1.807) is 0 Å². The van der Waals surface area contributed by atoms with E-state index in [0.29, 0.717) is 6.42 Å². The number of hydrogen-bond donors (Lipinski definition) is 1. The maximum Gasteiger partial charge on any atom is 0.212 e. The molecule has 0 saturated heterocycles. The van der Waals surface area contributed by atoms with Crippen LogP contribution in [0.2, 0.25) is 0 Å². The topological polar surface area (TPSA) is 17.1 Å². The second kappa shape index (κ2) is 7.50. The van der Waals surface area contributed by atoms with Crippen molar-refractivity contribution >= 4 is 18.9 Å². The molecule has 0 N–H and O–H groups in total. The Bertz CT molecular complexity index is 672. The van der Waals surface area contributed by atoms with Crippen molar-refractivity contribution in [3.05, 3.63) is 108 Å². The highest BCUT2D eigenvalue weighted by molar-refractivity contribution is 7.81. The molecular weight excluding hydrogens is 312 g/mol. The van der Waals surface area contributed by atoms with Gasteiger partial charge in [-0.1, -0.05) is 91.0 Å². The molecule has 0 saturated carbocycles. The van der Waals surface area contributed by atoms with Crippen molar-refractivity contribution in [2.24, 2.45) is 0 Å². The Labute approximate surface area is 148 Å². The molecule has 2 heteroatoms. The van der Waals surface area contributed by atoms with Crippen LogP contribution < -0.4 is 0 Å². The molecule has 0 bridgehead atoms. The highest BCUT2D eigenvalue weighted by Gasteiger charge is 2.37. The predicted molar refractivity (Wildman–Crippen MR) is 102 cm³/mol. The second-order valence-electron chi connectivity index (χ2n) is 5.84. The molecule has 1 radical (unpaired) electrons. The van der Waals surface area contributed by atoms with Gasteiger partial charge in [0.15, 0.2) is 0 Å². The van der Waals surface area contributed by atoms with Crippen molar-refractivity contribution in [2.45, 2.75) is 17.1 Å². The summed E-state index contributed by atoms with van der Waals surface area (Å²) >= 11 is 4.45. The van der Waals surface area contributed by atoms with Gasteiger partial charge in [0.1, 0.15) is 0 Å². The Morgan fingerprint density at radius 2 is 1.04 bits per heavy atom. The Morgan fingerprint density at radius 3 is 1.33 bits per heavy atom. The lowest BCUT2D eigenvalue weighted by Gasteiger charge is -2.37. The average molecular weight is 331 g/mol. The molecule has 0 heterocycles. The third-order valence-corrected chi connectivity index (χ3v) is 4.72. The fourth-order valence-corrected chi connectivity index (χ4v) is 3.63. The normalized spacial score (nSPS) is 12.5. The summed E-state index contributed by atoms with van der Waals surface area (Å²) in [7, 11) is 0. The van der Waals surface area contributed by atoms with Crippen LogP contribution in [0, 0.1) is 0 Å². The maximum absolute atomic E-state index is 11.3. The number of hydrogen-bond acceptors (Lipinski definition) is 2. The van der Waals surface area contributed by atoms with E-state index in [4.69, 9.17) is 0 Å². The first-order valence-corrected chi connectivity index (χ1v) is 8.51. The standard InChI is InChI=1S/C22H19OS/c23-17-21(24)16-22(18-10-4-1-5-11-18,19-12-6-2-7-13-19)20-14-8-3-9-15-20/h1-15,21,24H,16H2. The predicted octanol–water partition coefficient (Wildman–Crippen LogP) is 4.82. The van der Waals surface area contributed by atoms with Gasteiger partial charge in [-0.25, -0.2) is 0 Å². The summed E-state index contributed by atoms with van der Waals surface area (Å²) in [6.45, 7) is 0.